The van der Waals surface area contributed by atoms with Gasteiger partial charge >= 0.3 is 0 Å². The Hall–Kier alpha value is -3.85. The van der Waals surface area contributed by atoms with Gasteiger partial charge in [-0.25, -0.2) is 8.42 Å². The lowest BCUT2D eigenvalue weighted by Crippen LogP contribution is -2.54. The van der Waals surface area contributed by atoms with Gasteiger partial charge in [0.05, 0.1) is 10.6 Å². The van der Waals surface area contributed by atoms with Crippen molar-refractivity contribution in [2.24, 2.45) is 0 Å². The molecule has 0 bridgehead atoms. The van der Waals surface area contributed by atoms with Crippen LogP contribution in [0, 0.1) is 13.8 Å². The molecule has 1 unspecified atom stereocenters. The van der Waals surface area contributed by atoms with Crippen molar-refractivity contribution in [2.45, 2.75) is 57.6 Å². The summed E-state index contributed by atoms with van der Waals surface area (Å²) in [5, 5.41) is 3.38. The highest BCUT2D eigenvalue weighted by molar-refractivity contribution is 7.92. The molecular formula is C35H37Cl2N3O4S. The molecule has 0 heterocycles. The predicted octanol–water partition coefficient (Wildman–Crippen LogP) is 6.97. The maximum Gasteiger partial charge on any atom is 0.264 e. The van der Waals surface area contributed by atoms with Crippen molar-refractivity contribution in [2.75, 3.05) is 10.8 Å². The van der Waals surface area contributed by atoms with Crippen LogP contribution >= 0.6 is 23.2 Å². The molecule has 4 rings (SSSR count). The topological polar surface area (TPSA) is 86.8 Å². The first-order valence-corrected chi connectivity index (χ1v) is 16.8. The fraction of sp³-hybridized carbons (Fsp3) is 0.257. The Morgan fingerprint density at radius 2 is 1.42 bits per heavy atom. The highest BCUT2D eigenvalue weighted by Crippen LogP contribution is 2.30. The average Bonchev–Trinajstić information content (AvgIpc) is 2.98. The molecule has 0 aliphatic rings. The standard InChI is InChI=1S/C35H37Cl2N3O4S/c1-24(2)38-35(42)33(18-27-11-6-5-7-12-27)39(22-28-13-9-8-10-26(28)4)34(41)23-40(31-20-29(36)19-30(37)21-31)45(43,44)32-16-14-25(3)15-17-32/h5-17,19-21,24,33H,18,22-23H2,1-4H3,(H,38,42). The Bertz CT molecular complexity index is 1730. The molecule has 1 atom stereocenters. The van der Waals surface area contributed by atoms with Gasteiger partial charge in [-0.2, -0.15) is 0 Å². The van der Waals surface area contributed by atoms with Crippen molar-refractivity contribution in [1.29, 1.82) is 0 Å². The first-order chi connectivity index (χ1) is 21.3. The van der Waals surface area contributed by atoms with Crippen molar-refractivity contribution in [3.63, 3.8) is 0 Å². The van der Waals surface area contributed by atoms with E-state index in [4.69, 9.17) is 23.2 Å². The van der Waals surface area contributed by atoms with Crippen LogP contribution in [0.15, 0.2) is 102 Å². The Balaban J connectivity index is 1.84. The fourth-order valence-electron chi connectivity index (χ4n) is 4.96. The summed E-state index contributed by atoms with van der Waals surface area (Å²) < 4.78 is 29.3. The number of anilines is 1. The molecule has 0 radical (unpaired) electrons. The predicted molar refractivity (Wildman–Crippen MR) is 181 cm³/mol. The van der Waals surface area contributed by atoms with Crippen molar-refractivity contribution in [3.05, 3.63) is 129 Å². The number of aryl methyl sites for hydroxylation is 2. The van der Waals surface area contributed by atoms with E-state index in [1.54, 1.807) is 12.1 Å². The summed E-state index contributed by atoms with van der Waals surface area (Å²) in [4.78, 5) is 29.8. The smallest absolute Gasteiger partial charge is 0.264 e. The van der Waals surface area contributed by atoms with E-state index in [1.807, 2.05) is 82.3 Å². The Morgan fingerprint density at radius 1 is 0.822 bits per heavy atom. The van der Waals surface area contributed by atoms with Gasteiger partial charge in [-0.1, -0.05) is 95.5 Å². The van der Waals surface area contributed by atoms with E-state index in [1.165, 1.54) is 35.2 Å². The number of halogens is 2. The molecule has 0 aliphatic carbocycles. The zero-order chi connectivity index (χ0) is 32.7. The molecule has 4 aromatic rings. The van der Waals surface area contributed by atoms with E-state index in [0.717, 1.165) is 26.6 Å². The average molecular weight is 667 g/mol. The lowest BCUT2D eigenvalue weighted by Gasteiger charge is -2.34. The maximum absolute atomic E-state index is 14.5. The Kier molecular flexibility index (Phi) is 11.3. The third-order valence-electron chi connectivity index (χ3n) is 7.33. The van der Waals surface area contributed by atoms with Crippen LogP contribution in [0.2, 0.25) is 10.0 Å². The molecule has 7 nitrogen and oxygen atoms in total. The molecule has 0 aromatic heterocycles. The number of nitrogens with one attached hydrogen (secondary N) is 1. The van der Waals surface area contributed by atoms with E-state index >= 15 is 0 Å². The number of rotatable bonds is 12. The first kappa shape index (κ1) is 34.0. The first-order valence-electron chi connectivity index (χ1n) is 14.6. The Labute approximate surface area is 275 Å². The van der Waals surface area contributed by atoms with Gasteiger partial charge < -0.3 is 10.2 Å². The van der Waals surface area contributed by atoms with Crippen LogP contribution in [0.1, 0.15) is 36.1 Å². The van der Waals surface area contributed by atoms with Crippen LogP contribution in [-0.4, -0.2) is 43.8 Å². The molecule has 0 aliphatic heterocycles. The van der Waals surface area contributed by atoms with Crippen molar-refractivity contribution < 1.29 is 18.0 Å². The van der Waals surface area contributed by atoms with Gasteiger partial charge in [0.1, 0.15) is 12.6 Å². The van der Waals surface area contributed by atoms with Crippen molar-refractivity contribution in [1.82, 2.24) is 10.2 Å². The number of carbonyl (C=O) groups is 2. The highest BCUT2D eigenvalue weighted by atomic mass is 35.5. The summed E-state index contributed by atoms with van der Waals surface area (Å²) in [6, 6.07) is 26.7. The van der Waals surface area contributed by atoms with Gasteiger partial charge in [0, 0.05) is 29.1 Å². The largest absolute Gasteiger partial charge is 0.352 e. The summed E-state index contributed by atoms with van der Waals surface area (Å²) in [6.07, 6.45) is 0.227. The molecule has 0 fully saturated rings. The maximum atomic E-state index is 14.5. The zero-order valence-corrected chi connectivity index (χ0v) is 28.0. The number of hydrogen-bond acceptors (Lipinski definition) is 4. The number of benzene rings is 4. The van der Waals surface area contributed by atoms with E-state index in [-0.39, 0.29) is 45.5 Å². The third kappa shape index (κ3) is 8.87. The highest BCUT2D eigenvalue weighted by Gasteiger charge is 2.35. The fourth-order valence-corrected chi connectivity index (χ4v) is 6.87. The van der Waals surface area contributed by atoms with E-state index < -0.39 is 28.5 Å². The summed E-state index contributed by atoms with van der Waals surface area (Å²) in [5.41, 5.74) is 3.63. The van der Waals surface area contributed by atoms with Crippen LogP contribution < -0.4 is 9.62 Å². The van der Waals surface area contributed by atoms with Gasteiger partial charge in [0.25, 0.3) is 10.0 Å². The molecule has 4 aromatic carbocycles. The van der Waals surface area contributed by atoms with E-state index in [0.29, 0.717) is 0 Å². The van der Waals surface area contributed by atoms with Crippen molar-refractivity contribution in [3.8, 4) is 0 Å². The monoisotopic (exact) mass is 665 g/mol. The van der Waals surface area contributed by atoms with E-state index in [2.05, 4.69) is 5.32 Å². The third-order valence-corrected chi connectivity index (χ3v) is 9.55. The summed E-state index contributed by atoms with van der Waals surface area (Å²) in [6.45, 7) is 6.98. The summed E-state index contributed by atoms with van der Waals surface area (Å²) in [7, 11) is -4.27. The Morgan fingerprint density at radius 3 is 2.02 bits per heavy atom. The minimum atomic E-state index is -4.27. The molecule has 0 saturated heterocycles. The normalized spacial score (nSPS) is 12.1. The lowest BCUT2D eigenvalue weighted by molar-refractivity contribution is -0.140. The number of carbonyl (C=O) groups excluding carboxylic acids is 2. The number of sulfonamides is 1. The molecule has 0 spiro atoms. The molecule has 45 heavy (non-hydrogen) atoms. The van der Waals surface area contributed by atoms with Gasteiger partial charge in [-0.3, -0.25) is 13.9 Å². The number of amides is 2. The number of nitrogens with zero attached hydrogens (tertiary/aromatic N) is 2. The quantitative estimate of drug-likeness (QED) is 0.177. The second kappa shape index (κ2) is 15.0. The second-order valence-corrected chi connectivity index (χ2v) is 14.0. The van der Waals surface area contributed by atoms with Gasteiger partial charge in [-0.15, -0.1) is 0 Å². The van der Waals surface area contributed by atoms with Crippen molar-refractivity contribution >= 4 is 50.7 Å². The summed E-state index contributed by atoms with van der Waals surface area (Å²) in [5.74, 6) is -0.903. The molecule has 0 saturated carbocycles. The minimum Gasteiger partial charge on any atom is -0.352 e. The van der Waals surface area contributed by atoms with Crippen LogP contribution in [0.5, 0.6) is 0 Å². The molecule has 236 valence electrons. The number of hydrogen-bond donors (Lipinski definition) is 1. The van der Waals surface area contributed by atoms with Crippen LogP contribution in [-0.2, 0) is 32.6 Å². The minimum absolute atomic E-state index is 0.000776. The molecular weight excluding hydrogens is 629 g/mol. The van der Waals surface area contributed by atoms with Crippen LogP contribution in [0.3, 0.4) is 0 Å². The summed E-state index contributed by atoms with van der Waals surface area (Å²) >= 11 is 12.6. The molecule has 2 amide bonds. The van der Waals surface area contributed by atoms with Gasteiger partial charge in [0.2, 0.25) is 11.8 Å². The zero-order valence-electron chi connectivity index (χ0n) is 25.7. The molecule has 1 N–H and O–H groups in total. The van der Waals surface area contributed by atoms with Gasteiger partial charge in [0.15, 0.2) is 0 Å². The van der Waals surface area contributed by atoms with Gasteiger partial charge in [-0.05, 0) is 74.7 Å². The van der Waals surface area contributed by atoms with E-state index in [9.17, 15) is 18.0 Å². The lowest BCUT2D eigenvalue weighted by atomic mass is 10.0. The second-order valence-electron chi connectivity index (χ2n) is 11.3. The molecule has 10 heteroatoms. The van der Waals surface area contributed by atoms with Crippen LogP contribution in [0.25, 0.3) is 0 Å². The van der Waals surface area contributed by atoms with Crippen LogP contribution in [0.4, 0.5) is 5.69 Å². The SMILES string of the molecule is Cc1ccc(S(=O)(=O)N(CC(=O)N(Cc2ccccc2C)C(Cc2ccccc2)C(=O)NC(C)C)c2cc(Cl)cc(Cl)c2)cc1.